The number of rotatable bonds is 35. The second-order valence-electron chi connectivity index (χ2n) is 13.6. The van der Waals surface area contributed by atoms with Crippen LogP contribution in [-0.4, -0.2) is 46.1 Å². The van der Waals surface area contributed by atoms with Gasteiger partial charge in [0.15, 0.2) is 0 Å². The van der Waals surface area contributed by atoms with Gasteiger partial charge < -0.3 is 20.6 Å². The largest absolute Gasteiger partial charge is 0.394 e. The molecule has 0 saturated heterocycles. The van der Waals surface area contributed by atoms with Gasteiger partial charge in [0.1, 0.15) is 0 Å². The first-order chi connectivity index (χ1) is 21.0. The number of amides is 1. The van der Waals surface area contributed by atoms with Crippen LogP contribution in [0.1, 0.15) is 213 Å². The van der Waals surface area contributed by atoms with E-state index in [9.17, 15) is 20.1 Å². The molecule has 0 aliphatic rings. The maximum absolute atomic E-state index is 12.3. The summed E-state index contributed by atoms with van der Waals surface area (Å²) in [5, 5.41) is 33.1. The number of nitrogens with one attached hydrogen (secondary N) is 1. The lowest BCUT2D eigenvalue weighted by Gasteiger charge is -2.23. The normalized spacial score (nSPS) is 13.7. The van der Waals surface area contributed by atoms with Crippen molar-refractivity contribution in [1.29, 1.82) is 0 Å². The lowest BCUT2D eigenvalue weighted by Crippen LogP contribution is -2.46. The molecule has 5 heteroatoms. The Balaban J connectivity index is 3.57. The van der Waals surface area contributed by atoms with Crippen molar-refractivity contribution >= 4 is 5.91 Å². The van der Waals surface area contributed by atoms with Crippen molar-refractivity contribution in [2.24, 2.45) is 0 Å². The van der Waals surface area contributed by atoms with Gasteiger partial charge in [-0.1, -0.05) is 194 Å². The van der Waals surface area contributed by atoms with Crippen LogP contribution in [0, 0.1) is 0 Å². The number of carbonyl (C=O) groups is 1. The summed E-state index contributed by atoms with van der Waals surface area (Å²) in [5.41, 5.74) is 0. The molecule has 1 amide bonds. The van der Waals surface area contributed by atoms with E-state index in [2.05, 4.69) is 19.2 Å². The molecule has 0 aromatic heterocycles. The molecule has 3 unspecified atom stereocenters. The third kappa shape index (κ3) is 31.1. The topological polar surface area (TPSA) is 89.8 Å². The zero-order valence-electron chi connectivity index (χ0n) is 29.1. The van der Waals surface area contributed by atoms with Crippen LogP contribution in [-0.2, 0) is 4.79 Å². The molecule has 0 aromatic carbocycles. The summed E-state index contributed by atoms with van der Waals surface area (Å²) in [7, 11) is 0. The molecule has 0 fully saturated rings. The molecule has 0 saturated carbocycles. The zero-order valence-corrected chi connectivity index (χ0v) is 29.1. The van der Waals surface area contributed by atoms with Gasteiger partial charge in [0.25, 0.3) is 0 Å². The summed E-state index contributed by atoms with van der Waals surface area (Å²) >= 11 is 0. The first-order valence-electron chi connectivity index (χ1n) is 19.3. The second-order valence-corrected chi connectivity index (χ2v) is 13.6. The predicted octanol–water partition coefficient (Wildman–Crippen LogP) is 10.3. The lowest BCUT2D eigenvalue weighted by molar-refractivity contribution is -0.125. The van der Waals surface area contributed by atoms with Gasteiger partial charge in [-0.15, -0.1) is 0 Å². The van der Waals surface area contributed by atoms with Crippen LogP contribution in [0.3, 0.4) is 0 Å². The van der Waals surface area contributed by atoms with Gasteiger partial charge >= 0.3 is 0 Å². The van der Waals surface area contributed by atoms with Gasteiger partial charge in [0.2, 0.25) is 5.91 Å². The molecule has 43 heavy (non-hydrogen) atoms. The summed E-state index contributed by atoms with van der Waals surface area (Å²) < 4.78 is 0. The van der Waals surface area contributed by atoms with Gasteiger partial charge in [0.05, 0.1) is 31.3 Å². The van der Waals surface area contributed by atoms with Gasteiger partial charge in [-0.05, 0) is 12.8 Å². The van der Waals surface area contributed by atoms with Crippen molar-refractivity contribution in [3.63, 3.8) is 0 Å². The van der Waals surface area contributed by atoms with Crippen molar-refractivity contribution < 1.29 is 20.1 Å². The summed E-state index contributed by atoms with van der Waals surface area (Å²) in [6, 6.07) is -0.650. The minimum atomic E-state index is -0.741. The summed E-state index contributed by atoms with van der Waals surface area (Å²) in [6.07, 6.45) is 36.4. The number of aliphatic hydroxyl groups excluding tert-OH is 3. The van der Waals surface area contributed by atoms with Gasteiger partial charge in [0, 0.05) is 0 Å². The fourth-order valence-electron chi connectivity index (χ4n) is 6.17. The molecule has 3 atom stereocenters. The summed E-state index contributed by atoms with van der Waals surface area (Å²) in [5.74, 6) is -0.284. The highest BCUT2D eigenvalue weighted by Gasteiger charge is 2.21. The van der Waals surface area contributed by atoms with Crippen LogP contribution in [0.2, 0.25) is 0 Å². The standard InChI is InChI=1S/C38H77NO4/c1-3-5-7-9-11-13-14-15-16-17-18-19-20-21-22-23-24-26-28-30-32-37(42)36(34-40)39-38(43)33-35(41)31-29-27-25-12-10-8-6-4-2/h35-37,40-42H,3-34H2,1-2H3,(H,39,43). The average molecular weight is 612 g/mol. The highest BCUT2D eigenvalue weighted by molar-refractivity contribution is 5.76. The fraction of sp³-hybridized carbons (Fsp3) is 0.974. The highest BCUT2D eigenvalue weighted by Crippen LogP contribution is 2.16. The van der Waals surface area contributed by atoms with Crippen LogP contribution in [0.25, 0.3) is 0 Å². The molecule has 0 aliphatic heterocycles. The molecule has 0 aromatic rings. The van der Waals surface area contributed by atoms with E-state index in [1.807, 2.05) is 0 Å². The number of hydrogen-bond donors (Lipinski definition) is 4. The minimum Gasteiger partial charge on any atom is -0.394 e. The monoisotopic (exact) mass is 612 g/mol. The maximum Gasteiger partial charge on any atom is 0.222 e. The van der Waals surface area contributed by atoms with E-state index in [1.165, 1.54) is 154 Å². The smallest absolute Gasteiger partial charge is 0.222 e. The van der Waals surface area contributed by atoms with Gasteiger partial charge in [-0.25, -0.2) is 0 Å². The Hall–Kier alpha value is -0.650. The number of unbranched alkanes of at least 4 members (excludes halogenated alkanes) is 26. The van der Waals surface area contributed by atoms with E-state index in [4.69, 9.17) is 0 Å². The lowest BCUT2D eigenvalue weighted by atomic mass is 10.0. The molecule has 0 heterocycles. The van der Waals surface area contributed by atoms with Crippen LogP contribution in [0.5, 0.6) is 0 Å². The van der Waals surface area contributed by atoms with Crippen molar-refractivity contribution in [2.45, 2.75) is 231 Å². The molecule has 0 rings (SSSR count). The van der Waals surface area contributed by atoms with E-state index in [0.29, 0.717) is 12.8 Å². The van der Waals surface area contributed by atoms with Gasteiger partial charge in [-0.2, -0.15) is 0 Å². The molecule has 0 bridgehead atoms. The van der Waals surface area contributed by atoms with Crippen molar-refractivity contribution in [2.75, 3.05) is 6.61 Å². The number of hydrogen-bond acceptors (Lipinski definition) is 4. The molecular weight excluding hydrogens is 534 g/mol. The van der Waals surface area contributed by atoms with Crippen molar-refractivity contribution in [3.05, 3.63) is 0 Å². The Labute approximate surface area is 268 Å². The Morgan fingerprint density at radius 3 is 1.12 bits per heavy atom. The Bertz CT molecular complexity index is 558. The predicted molar refractivity (Wildman–Crippen MR) is 186 cm³/mol. The Morgan fingerprint density at radius 2 is 0.791 bits per heavy atom. The maximum atomic E-state index is 12.3. The van der Waals surface area contributed by atoms with Crippen LogP contribution in [0.15, 0.2) is 0 Å². The molecule has 4 N–H and O–H groups in total. The molecule has 5 nitrogen and oxygen atoms in total. The average Bonchev–Trinajstić information content (AvgIpc) is 3.00. The minimum absolute atomic E-state index is 0.0407. The number of aliphatic hydroxyl groups is 3. The van der Waals surface area contributed by atoms with E-state index < -0.39 is 18.2 Å². The molecule has 258 valence electrons. The van der Waals surface area contributed by atoms with Crippen LogP contribution < -0.4 is 5.32 Å². The zero-order chi connectivity index (χ0) is 31.6. The molecular formula is C38H77NO4. The number of carbonyl (C=O) groups excluding carboxylic acids is 1. The summed E-state index contributed by atoms with van der Waals surface area (Å²) in [4.78, 5) is 12.3. The Kier molecular flexibility index (Phi) is 33.7. The van der Waals surface area contributed by atoms with E-state index >= 15 is 0 Å². The Morgan fingerprint density at radius 1 is 0.488 bits per heavy atom. The molecule has 0 radical (unpaired) electrons. The molecule has 0 spiro atoms. The van der Waals surface area contributed by atoms with E-state index in [1.54, 1.807) is 0 Å². The molecule has 0 aliphatic carbocycles. The third-order valence-electron chi connectivity index (χ3n) is 9.17. The SMILES string of the molecule is CCCCCCCCCCCCCCCCCCCCCCC(O)C(CO)NC(=O)CC(O)CCCCCCCCCC. The van der Waals surface area contributed by atoms with Crippen LogP contribution in [0.4, 0.5) is 0 Å². The first kappa shape index (κ1) is 42.3. The highest BCUT2D eigenvalue weighted by atomic mass is 16.3. The third-order valence-corrected chi connectivity index (χ3v) is 9.17. The van der Waals surface area contributed by atoms with E-state index in [0.717, 1.165) is 25.7 Å². The van der Waals surface area contributed by atoms with Crippen molar-refractivity contribution in [3.8, 4) is 0 Å². The summed E-state index contributed by atoms with van der Waals surface area (Å²) in [6.45, 7) is 4.23. The van der Waals surface area contributed by atoms with Crippen molar-refractivity contribution in [1.82, 2.24) is 5.32 Å². The fourth-order valence-corrected chi connectivity index (χ4v) is 6.17. The van der Waals surface area contributed by atoms with Crippen LogP contribution >= 0.6 is 0 Å². The van der Waals surface area contributed by atoms with Gasteiger partial charge in [-0.3, -0.25) is 4.79 Å². The first-order valence-corrected chi connectivity index (χ1v) is 19.3. The van der Waals surface area contributed by atoms with E-state index in [-0.39, 0.29) is 18.9 Å². The quantitative estimate of drug-likeness (QED) is 0.0537. The second kappa shape index (κ2) is 34.2.